The van der Waals surface area contributed by atoms with Crippen LogP contribution in [0.25, 0.3) is 0 Å². The third-order valence-corrected chi connectivity index (χ3v) is 2.08. The van der Waals surface area contributed by atoms with Gasteiger partial charge in [0.2, 0.25) is 0 Å². The molecule has 0 radical (unpaired) electrons. The van der Waals surface area contributed by atoms with Gasteiger partial charge in [-0.3, -0.25) is 0 Å². The Bertz CT molecular complexity index is 366. The molecule has 0 aromatic carbocycles. The Kier molecular flexibility index (Phi) is 4.21. The maximum Gasteiger partial charge on any atom is 0.284 e. The molecule has 90 valence electrons. The van der Waals surface area contributed by atoms with Crippen LogP contribution in [0.5, 0.6) is 5.75 Å². The molecule has 0 bridgehead atoms. The zero-order chi connectivity index (χ0) is 12.3. The topological polar surface area (TPSA) is 42.4 Å². The normalized spacial score (nSPS) is 11.9. The first kappa shape index (κ1) is 13.3. The van der Waals surface area contributed by atoms with Crippen LogP contribution in [0.1, 0.15) is 26.0 Å². The highest BCUT2D eigenvalue weighted by Gasteiger charge is 2.19. The molecule has 0 spiro atoms. The Labute approximate surface area is 101 Å². The van der Waals surface area contributed by atoms with Crippen molar-refractivity contribution in [1.82, 2.24) is 4.98 Å². The summed E-state index contributed by atoms with van der Waals surface area (Å²) in [5, 5.41) is 9.42. The number of rotatable bonds is 4. The lowest BCUT2D eigenvalue weighted by atomic mass is 10.2. The van der Waals surface area contributed by atoms with Crippen LogP contribution in [0.3, 0.4) is 0 Å². The van der Waals surface area contributed by atoms with Crippen molar-refractivity contribution >= 4 is 15.9 Å². The van der Waals surface area contributed by atoms with Gasteiger partial charge in [-0.15, -0.1) is 0 Å². The summed E-state index contributed by atoms with van der Waals surface area (Å²) in [6.07, 6.45) is -2.71. The van der Waals surface area contributed by atoms with Gasteiger partial charge in [0.25, 0.3) is 6.43 Å². The summed E-state index contributed by atoms with van der Waals surface area (Å²) in [7, 11) is 0. The number of nitrogens with zero attached hydrogens (tertiary/aromatic N) is 1. The quantitative estimate of drug-likeness (QED) is 0.869. The highest BCUT2D eigenvalue weighted by atomic mass is 79.9. The first-order valence-corrected chi connectivity index (χ1v) is 5.38. The van der Waals surface area contributed by atoms with Crippen molar-refractivity contribution in [2.45, 2.75) is 25.9 Å². The minimum absolute atomic E-state index is 0.0136. The maximum absolute atomic E-state index is 12.6. The minimum Gasteiger partial charge on any atom is -0.488 e. The van der Waals surface area contributed by atoms with Gasteiger partial charge in [-0.05, 0) is 41.9 Å². The van der Waals surface area contributed by atoms with E-state index in [4.69, 9.17) is 4.74 Å². The highest BCUT2D eigenvalue weighted by molar-refractivity contribution is 9.10. The van der Waals surface area contributed by atoms with Crippen molar-refractivity contribution in [3.05, 3.63) is 22.4 Å². The summed E-state index contributed by atoms with van der Waals surface area (Å²) in [6, 6.07) is 2.90. The van der Waals surface area contributed by atoms with Crippen LogP contribution in [0.15, 0.2) is 16.7 Å². The fraction of sp³-hybridized carbons (Fsp3) is 0.500. The third-order valence-electron chi connectivity index (χ3n) is 1.64. The zero-order valence-electron chi connectivity index (χ0n) is 8.88. The summed E-state index contributed by atoms with van der Waals surface area (Å²) in [6.45, 7) is 2.98. The molecule has 0 unspecified atom stereocenters. The summed E-state index contributed by atoms with van der Waals surface area (Å²) >= 11 is 3.01. The van der Waals surface area contributed by atoms with E-state index in [9.17, 15) is 13.9 Å². The van der Waals surface area contributed by atoms with Gasteiger partial charge < -0.3 is 9.84 Å². The number of aliphatic hydroxyl groups is 1. The lowest BCUT2D eigenvalue weighted by molar-refractivity contribution is 0.0261. The number of aromatic nitrogens is 1. The molecule has 0 aliphatic heterocycles. The number of pyridine rings is 1. The van der Waals surface area contributed by atoms with E-state index in [1.807, 2.05) is 0 Å². The first-order chi connectivity index (χ1) is 7.29. The van der Waals surface area contributed by atoms with Crippen molar-refractivity contribution in [3.8, 4) is 5.75 Å². The number of halogens is 3. The van der Waals surface area contributed by atoms with Gasteiger partial charge in [0.15, 0.2) is 0 Å². The van der Waals surface area contributed by atoms with Gasteiger partial charge in [0.05, 0.1) is 5.60 Å². The largest absolute Gasteiger partial charge is 0.488 e. The minimum atomic E-state index is -2.71. The van der Waals surface area contributed by atoms with Gasteiger partial charge >= 0.3 is 0 Å². The molecule has 1 aromatic rings. The van der Waals surface area contributed by atoms with Gasteiger partial charge in [0, 0.05) is 0 Å². The van der Waals surface area contributed by atoms with E-state index < -0.39 is 17.7 Å². The molecule has 1 heterocycles. The Morgan fingerprint density at radius 1 is 1.50 bits per heavy atom. The SMILES string of the molecule is CC(C)(O)COc1ccc(Br)nc1C(F)F. The van der Waals surface area contributed by atoms with E-state index in [-0.39, 0.29) is 12.4 Å². The Morgan fingerprint density at radius 2 is 2.12 bits per heavy atom. The summed E-state index contributed by atoms with van der Waals surface area (Å²) < 4.78 is 30.6. The predicted molar refractivity (Wildman–Crippen MR) is 58.7 cm³/mol. The average Bonchev–Trinajstić information content (AvgIpc) is 2.14. The second-order valence-corrected chi connectivity index (χ2v) is 4.73. The van der Waals surface area contributed by atoms with E-state index in [0.717, 1.165) is 0 Å². The number of hydrogen-bond acceptors (Lipinski definition) is 3. The van der Waals surface area contributed by atoms with Crippen LogP contribution >= 0.6 is 15.9 Å². The van der Waals surface area contributed by atoms with Crippen molar-refractivity contribution in [3.63, 3.8) is 0 Å². The van der Waals surface area contributed by atoms with Crippen LogP contribution in [0.4, 0.5) is 8.78 Å². The highest BCUT2D eigenvalue weighted by Crippen LogP contribution is 2.29. The standard InChI is InChI=1S/C10H12BrF2NO2/c1-10(2,15)5-16-6-3-4-7(11)14-8(6)9(12)13/h3-4,9,15H,5H2,1-2H3. The van der Waals surface area contributed by atoms with Crippen LogP contribution in [0, 0.1) is 0 Å². The lowest BCUT2D eigenvalue weighted by Crippen LogP contribution is -2.28. The predicted octanol–water partition coefficient (Wildman–Crippen LogP) is 2.93. The van der Waals surface area contributed by atoms with E-state index in [1.165, 1.54) is 26.0 Å². The summed E-state index contributed by atoms with van der Waals surface area (Å²) in [5.41, 5.74) is -1.51. The Hall–Kier alpha value is -0.750. The molecule has 0 aliphatic carbocycles. The fourth-order valence-corrected chi connectivity index (χ4v) is 1.29. The molecule has 1 N–H and O–H groups in total. The molecule has 0 atom stereocenters. The van der Waals surface area contributed by atoms with E-state index >= 15 is 0 Å². The molecule has 0 saturated heterocycles. The number of alkyl halides is 2. The van der Waals surface area contributed by atoms with E-state index in [1.54, 1.807) is 0 Å². The molecular formula is C10H12BrF2NO2. The lowest BCUT2D eigenvalue weighted by Gasteiger charge is -2.19. The number of ether oxygens (including phenoxy) is 1. The molecule has 6 heteroatoms. The second kappa shape index (κ2) is 5.05. The Morgan fingerprint density at radius 3 is 2.62 bits per heavy atom. The third kappa shape index (κ3) is 4.02. The van der Waals surface area contributed by atoms with Crippen molar-refractivity contribution in [1.29, 1.82) is 0 Å². The van der Waals surface area contributed by atoms with Crippen LogP contribution < -0.4 is 4.74 Å². The summed E-state index contributed by atoms with van der Waals surface area (Å²) in [4.78, 5) is 3.63. The van der Waals surface area contributed by atoms with Crippen LogP contribution in [0.2, 0.25) is 0 Å². The molecule has 0 amide bonds. The fourth-order valence-electron chi connectivity index (χ4n) is 0.970. The molecule has 3 nitrogen and oxygen atoms in total. The molecule has 0 saturated carbocycles. The van der Waals surface area contributed by atoms with Crippen LogP contribution in [-0.2, 0) is 0 Å². The van der Waals surface area contributed by atoms with E-state index in [0.29, 0.717) is 4.60 Å². The first-order valence-electron chi connectivity index (χ1n) is 4.59. The van der Waals surface area contributed by atoms with Gasteiger partial charge in [-0.25, -0.2) is 13.8 Å². The zero-order valence-corrected chi connectivity index (χ0v) is 10.5. The number of hydrogen-bond donors (Lipinski definition) is 1. The molecule has 0 aliphatic rings. The monoisotopic (exact) mass is 295 g/mol. The van der Waals surface area contributed by atoms with E-state index in [2.05, 4.69) is 20.9 Å². The van der Waals surface area contributed by atoms with Crippen molar-refractivity contribution < 1.29 is 18.6 Å². The van der Waals surface area contributed by atoms with Crippen LogP contribution in [-0.4, -0.2) is 22.3 Å². The van der Waals surface area contributed by atoms with Gasteiger partial charge in [-0.2, -0.15) is 0 Å². The molecule has 0 fully saturated rings. The molecule has 1 aromatic heterocycles. The Balaban J connectivity index is 2.87. The maximum atomic E-state index is 12.6. The molecule has 1 rings (SSSR count). The second-order valence-electron chi connectivity index (χ2n) is 3.92. The smallest absolute Gasteiger partial charge is 0.284 e. The van der Waals surface area contributed by atoms with Crippen molar-refractivity contribution in [2.24, 2.45) is 0 Å². The summed E-state index contributed by atoms with van der Waals surface area (Å²) in [5.74, 6) is -0.0136. The molecular weight excluding hydrogens is 284 g/mol. The van der Waals surface area contributed by atoms with Gasteiger partial charge in [-0.1, -0.05) is 0 Å². The van der Waals surface area contributed by atoms with Gasteiger partial charge in [0.1, 0.15) is 22.7 Å². The molecule has 16 heavy (non-hydrogen) atoms. The average molecular weight is 296 g/mol. The van der Waals surface area contributed by atoms with Crippen molar-refractivity contribution in [2.75, 3.05) is 6.61 Å².